The maximum absolute atomic E-state index is 12.0. The van der Waals surface area contributed by atoms with Gasteiger partial charge in [-0.05, 0) is 17.7 Å². The Bertz CT molecular complexity index is 883. The van der Waals surface area contributed by atoms with Crippen molar-refractivity contribution in [2.75, 3.05) is 31.8 Å². The summed E-state index contributed by atoms with van der Waals surface area (Å²) >= 11 is 1.27. The fourth-order valence-electron chi connectivity index (χ4n) is 3.11. The zero-order valence-corrected chi connectivity index (χ0v) is 16.7. The van der Waals surface area contributed by atoms with E-state index in [1.165, 1.54) is 11.8 Å². The lowest BCUT2D eigenvalue weighted by Gasteiger charge is -2.24. The van der Waals surface area contributed by atoms with Crippen LogP contribution < -0.4 is 4.74 Å². The fraction of sp³-hybridized carbons (Fsp3) is 0.471. The molecule has 1 aromatic rings. The number of sulfone groups is 1. The Labute approximate surface area is 166 Å². The molecule has 2 saturated heterocycles. The van der Waals surface area contributed by atoms with Crippen LogP contribution in [0.2, 0.25) is 0 Å². The van der Waals surface area contributed by atoms with Crippen molar-refractivity contribution in [3.8, 4) is 5.75 Å². The molecule has 2 aliphatic heterocycles. The summed E-state index contributed by atoms with van der Waals surface area (Å²) in [6.07, 6.45) is 0. The second-order valence-corrected chi connectivity index (χ2v) is 9.81. The van der Waals surface area contributed by atoms with Crippen LogP contribution in [0.4, 0.5) is 0 Å². The van der Waals surface area contributed by atoms with Gasteiger partial charge in [0.2, 0.25) is 0 Å². The monoisotopic (exact) mass is 428 g/mol. The first-order valence-corrected chi connectivity index (χ1v) is 11.2. The molecule has 2 heterocycles. The van der Waals surface area contributed by atoms with Gasteiger partial charge in [-0.15, -0.1) is 0 Å². The molecule has 0 spiro atoms. The molecular formula is C17H20N2O7S2. The second kappa shape index (κ2) is 8.50. The number of rotatable bonds is 7. The second-order valence-electron chi connectivity index (χ2n) is 6.45. The SMILES string of the molecule is COc1ccc(CN2C(=NC(=O)COCC(=O)O)S[C@@H]3CS(=O)(=O)C[C@H]32)cc1. The summed E-state index contributed by atoms with van der Waals surface area (Å²) in [5.74, 6) is -1.00. The summed E-state index contributed by atoms with van der Waals surface area (Å²) in [5.41, 5.74) is 0.925. The maximum atomic E-state index is 12.0. The number of hydrogen-bond donors (Lipinski definition) is 1. The lowest BCUT2D eigenvalue weighted by molar-refractivity contribution is -0.143. The minimum absolute atomic E-state index is 0.0174. The molecule has 3 rings (SSSR count). The standard InChI is InChI=1S/C17H20N2O7S2/c1-25-12-4-2-11(3-5-12)6-19-13-9-28(23,24)10-14(13)27-17(19)18-15(20)7-26-8-16(21)22/h2-5,13-14H,6-10H2,1H3,(H,21,22)/t13-,14-/m1/s1. The number of ether oxygens (including phenoxy) is 2. The molecule has 0 bridgehead atoms. The van der Waals surface area contributed by atoms with E-state index in [9.17, 15) is 18.0 Å². The number of aliphatic carboxylic acids is 1. The summed E-state index contributed by atoms with van der Waals surface area (Å²) in [4.78, 5) is 28.4. The van der Waals surface area contributed by atoms with E-state index >= 15 is 0 Å². The molecule has 0 aromatic heterocycles. The number of carbonyl (C=O) groups excluding carboxylic acids is 1. The lowest BCUT2D eigenvalue weighted by Crippen LogP contribution is -2.37. The largest absolute Gasteiger partial charge is 0.497 e. The van der Waals surface area contributed by atoms with Crippen LogP contribution in [0.15, 0.2) is 29.3 Å². The van der Waals surface area contributed by atoms with Gasteiger partial charge in [0, 0.05) is 11.8 Å². The molecule has 1 N–H and O–H groups in total. The van der Waals surface area contributed by atoms with Gasteiger partial charge in [-0.25, -0.2) is 13.2 Å². The molecule has 2 fully saturated rings. The van der Waals surface area contributed by atoms with Gasteiger partial charge in [0.15, 0.2) is 15.0 Å². The van der Waals surface area contributed by atoms with Crippen LogP contribution in [0.3, 0.4) is 0 Å². The third-order valence-electron chi connectivity index (χ3n) is 4.36. The molecule has 152 valence electrons. The van der Waals surface area contributed by atoms with Gasteiger partial charge in [0.25, 0.3) is 5.91 Å². The van der Waals surface area contributed by atoms with E-state index in [1.807, 2.05) is 29.2 Å². The van der Waals surface area contributed by atoms with Crippen LogP contribution in [-0.4, -0.2) is 78.6 Å². The highest BCUT2D eigenvalue weighted by atomic mass is 32.2. The molecule has 28 heavy (non-hydrogen) atoms. The summed E-state index contributed by atoms with van der Waals surface area (Å²) < 4.78 is 34.0. The number of benzene rings is 1. The zero-order chi connectivity index (χ0) is 20.3. The number of carboxylic acids is 1. The van der Waals surface area contributed by atoms with Gasteiger partial charge >= 0.3 is 5.97 Å². The number of thioether (sulfide) groups is 1. The van der Waals surface area contributed by atoms with Crippen LogP contribution in [0.25, 0.3) is 0 Å². The molecule has 11 heteroatoms. The topological polar surface area (TPSA) is 123 Å². The Morgan fingerprint density at radius 3 is 2.61 bits per heavy atom. The van der Waals surface area contributed by atoms with Crippen molar-refractivity contribution in [1.82, 2.24) is 4.90 Å². The summed E-state index contributed by atoms with van der Waals surface area (Å²) in [6, 6.07) is 7.10. The quantitative estimate of drug-likeness (QED) is 0.657. The first-order valence-electron chi connectivity index (χ1n) is 8.45. The van der Waals surface area contributed by atoms with E-state index in [0.29, 0.717) is 17.5 Å². The van der Waals surface area contributed by atoms with Gasteiger partial charge in [-0.3, -0.25) is 4.79 Å². The van der Waals surface area contributed by atoms with Crippen molar-refractivity contribution in [3.63, 3.8) is 0 Å². The molecule has 0 unspecified atom stereocenters. The van der Waals surface area contributed by atoms with Crippen molar-refractivity contribution in [3.05, 3.63) is 29.8 Å². The number of nitrogens with zero attached hydrogens (tertiary/aromatic N) is 2. The highest BCUT2D eigenvalue weighted by Gasteiger charge is 2.48. The molecule has 0 radical (unpaired) electrons. The van der Waals surface area contributed by atoms with E-state index in [4.69, 9.17) is 14.6 Å². The van der Waals surface area contributed by atoms with E-state index in [-0.39, 0.29) is 22.8 Å². The molecule has 2 aliphatic rings. The third-order valence-corrected chi connectivity index (χ3v) is 7.61. The predicted octanol–water partition coefficient (Wildman–Crippen LogP) is 0.393. The van der Waals surface area contributed by atoms with Crippen LogP contribution in [0.1, 0.15) is 5.56 Å². The van der Waals surface area contributed by atoms with Crippen molar-refractivity contribution < 1.29 is 32.6 Å². The normalized spacial score (nSPS) is 24.3. The van der Waals surface area contributed by atoms with Gasteiger partial charge in [0.05, 0.1) is 24.7 Å². The van der Waals surface area contributed by atoms with Gasteiger partial charge < -0.3 is 19.5 Å². The third kappa shape index (κ3) is 5.03. The first-order chi connectivity index (χ1) is 13.3. The molecule has 0 aliphatic carbocycles. The van der Waals surface area contributed by atoms with Crippen molar-refractivity contribution >= 4 is 38.6 Å². The highest BCUT2D eigenvalue weighted by Crippen LogP contribution is 2.39. The van der Waals surface area contributed by atoms with E-state index in [2.05, 4.69) is 4.99 Å². The molecule has 0 saturated carbocycles. The number of hydrogen-bond acceptors (Lipinski definition) is 7. The van der Waals surface area contributed by atoms with E-state index < -0.39 is 34.9 Å². The van der Waals surface area contributed by atoms with E-state index in [0.717, 1.165) is 5.56 Å². The number of methoxy groups -OCH3 is 1. The zero-order valence-electron chi connectivity index (χ0n) is 15.1. The number of carbonyl (C=O) groups is 2. The minimum Gasteiger partial charge on any atom is -0.497 e. The number of fused-ring (bicyclic) bond motifs is 1. The van der Waals surface area contributed by atoms with Crippen molar-refractivity contribution in [1.29, 1.82) is 0 Å². The highest BCUT2D eigenvalue weighted by molar-refractivity contribution is 8.15. The smallest absolute Gasteiger partial charge is 0.329 e. The van der Waals surface area contributed by atoms with Gasteiger partial charge in [-0.1, -0.05) is 23.9 Å². The minimum atomic E-state index is -3.13. The molecule has 1 amide bonds. The van der Waals surface area contributed by atoms with Crippen molar-refractivity contribution in [2.45, 2.75) is 17.8 Å². The fourth-order valence-corrected chi connectivity index (χ4v) is 7.08. The number of amides is 1. The lowest BCUT2D eigenvalue weighted by atomic mass is 10.1. The first kappa shape index (κ1) is 20.6. The molecule has 2 atom stereocenters. The molecule has 1 aromatic carbocycles. The molecular weight excluding hydrogens is 408 g/mol. The van der Waals surface area contributed by atoms with Crippen molar-refractivity contribution in [2.24, 2.45) is 4.99 Å². The Morgan fingerprint density at radius 1 is 1.25 bits per heavy atom. The summed E-state index contributed by atoms with van der Waals surface area (Å²) in [5, 5.41) is 8.81. The summed E-state index contributed by atoms with van der Waals surface area (Å²) in [6.45, 7) is -0.626. The van der Waals surface area contributed by atoms with Crippen LogP contribution in [0.5, 0.6) is 5.75 Å². The van der Waals surface area contributed by atoms with Gasteiger partial charge in [-0.2, -0.15) is 4.99 Å². The van der Waals surface area contributed by atoms with Crippen LogP contribution in [0, 0.1) is 0 Å². The number of aliphatic imine (C=N–C) groups is 1. The Kier molecular flexibility index (Phi) is 6.26. The average molecular weight is 428 g/mol. The Morgan fingerprint density at radius 2 is 1.96 bits per heavy atom. The maximum Gasteiger partial charge on any atom is 0.329 e. The number of carboxylic acid groups (broad SMARTS) is 1. The summed E-state index contributed by atoms with van der Waals surface area (Å²) in [7, 11) is -1.56. The van der Waals surface area contributed by atoms with Gasteiger partial charge in [0.1, 0.15) is 19.0 Å². The van der Waals surface area contributed by atoms with Crippen LogP contribution in [-0.2, 0) is 30.7 Å². The molecule has 9 nitrogen and oxygen atoms in total. The van der Waals surface area contributed by atoms with Crippen LogP contribution >= 0.6 is 11.8 Å². The van der Waals surface area contributed by atoms with E-state index in [1.54, 1.807) is 7.11 Å². The Balaban J connectivity index is 1.76. The predicted molar refractivity (Wildman–Crippen MR) is 103 cm³/mol. The average Bonchev–Trinajstić information content (AvgIpc) is 3.07. The number of amidine groups is 1. The Hall–Kier alpha value is -2.11.